The van der Waals surface area contributed by atoms with Crippen LogP contribution in [-0.4, -0.2) is 28.0 Å². The van der Waals surface area contributed by atoms with Gasteiger partial charge in [-0.1, -0.05) is 42.0 Å². The first-order valence-electron chi connectivity index (χ1n) is 9.61. The third kappa shape index (κ3) is 2.77. The molecule has 3 nitrogen and oxygen atoms in total. The van der Waals surface area contributed by atoms with Crippen LogP contribution in [-0.2, 0) is 6.54 Å². The number of aromatic nitrogens is 1. The molecule has 2 fully saturated rings. The Bertz CT molecular complexity index is 928. The van der Waals surface area contributed by atoms with E-state index in [1.54, 1.807) is 0 Å². The van der Waals surface area contributed by atoms with Crippen molar-refractivity contribution in [3.8, 4) is 0 Å². The fraction of sp³-hybridized carbons (Fsp3) is 0.348. The summed E-state index contributed by atoms with van der Waals surface area (Å²) >= 11 is 0. The number of aryl methyl sites for hydroxylation is 1. The first-order chi connectivity index (χ1) is 12.7. The molecule has 1 N–H and O–H groups in total. The van der Waals surface area contributed by atoms with Crippen LogP contribution in [0.15, 0.2) is 60.9 Å². The monoisotopic (exact) mass is 343 g/mol. The van der Waals surface area contributed by atoms with Gasteiger partial charge in [-0.25, -0.2) is 0 Å². The Morgan fingerprint density at radius 2 is 2.04 bits per heavy atom. The molecule has 26 heavy (non-hydrogen) atoms. The van der Waals surface area contributed by atoms with Gasteiger partial charge in [-0.15, -0.1) is 0 Å². The van der Waals surface area contributed by atoms with Gasteiger partial charge in [0, 0.05) is 48.0 Å². The van der Waals surface area contributed by atoms with Crippen LogP contribution in [0, 0.1) is 6.92 Å². The fourth-order valence-corrected chi connectivity index (χ4v) is 4.85. The summed E-state index contributed by atoms with van der Waals surface area (Å²) in [6.07, 6.45) is 7.66. The molecule has 0 spiro atoms. The molecule has 3 aromatic rings. The highest BCUT2D eigenvalue weighted by Crippen LogP contribution is 2.44. The van der Waals surface area contributed by atoms with Crippen LogP contribution in [0.25, 0.3) is 10.8 Å². The molecule has 1 aromatic heterocycles. The van der Waals surface area contributed by atoms with E-state index < -0.39 is 0 Å². The summed E-state index contributed by atoms with van der Waals surface area (Å²) in [6.45, 7) is 4.35. The van der Waals surface area contributed by atoms with E-state index in [1.807, 2.05) is 12.4 Å². The summed E-state index contributed by atoms with van der Waals surface area (Å²) in [5.41, 5.74) is 4.23. The molecule has 1 aliphatic heterocycles. The lowest BCUT2D eigenvalue weighted by atomic mass is 9.97. The highest BCUT2D eigenvalue weighted by Gasteiger charge is 2.49. The average molecular weight is 343 g/mol. The number of hydrogen-bond donors (Lipinski definition) is 1. The zero-order valence-corrected chi connectivity index (χ0v) is 15.3. The first kappa shape index (κ1) is 15.8. The molecule has 2 aliphatic rings. The van der Waals surface area contributed by atoms with Crippen molar-refractivity contribution in [1.29, 1.82) is 0 Å². The van der Waals surface area contributed by atoms with Crippen molar-refractivity contribution in [2.45, 2.75) is 44.3 Å². The van der Waals surface area contributed by atoms with E-state index in [0.29, 0.717) is 6.04 Å². The molecule has 1 aliphatic carbocycles. The third-order valence-electron chi connectivity index (χ3n) is 6.19. The molecule has 2 atom stereocenters. The van der Waals surface area contributed by atoms with Crippen LogP contribution in [0.1, 0.15) is 30.4 Å². The number of nitrogens with zero attached hydrogens (tertiary/aromatic N) is 2. The minimum Gasteiger partial charge on any atom is -0.378 e. The molecule has 5 rings (SSSR count). The van der Waals surface area contributed by atoms with E-state index in [4.69, 9.17) is 0 Å². The van der Waals surface area contributed by atoms with E-state index in [2.05, 4.69) is 70.7 Å². The topological polar surface area (TPSA) is 28.2 Å². The molecular formula is C23H25N3. The van der Waals surface area contributed by atoms with Crippen LogP contribution in [0.3, 0.4) is 0 Å². The van der Waals surface area contributed by atoms with E-state index in [0.717, 1.165) is 13.1 Å². The number of anilines is 1. The Morgan fingerprint density at radius 3 is 2.92 bits per heavy atom. The van der Waals surface area contributed by atoms with Crippen molar-refractivity contribution in [3.63, 3.8) is 0 Å². The second kappa shape index (κ2) is 6.10. The van der Waals surface area contributed by atoms with Gasteiger partial charge in [0.2, 0.25) is 0 Å². The molecule has 132 valence electrons. The lowest BCUT2D eigenvalue weighted by Crippen LogP contribution is -2.43. The van der Waals surface area contributed by atoms with Gasteiger partial charge in [0.1, 0.15) is 0 Å². The van der Waals surface area contributed by atoms with Crippen molar-refractivity contribution >= 4 is 16.5 Å². The zero-order valence-electron chi connectivity index (χ0n) is 15.3. The summed E-state index contributed by atoms with van der Waals surface area (Å²) in [4.78, 5) is 6.94. The van der Waals surface area contributed by atoms with Crippen molar-refractivity contribution < 1.29 is 0 Å². The van der Waals surface area contributed by atoms with Crippen molar-refractivity contribution in [2.75, 3.05) is 11.9 Å². The number of piperidine rings is 1. The summed E-state index contributed by atoms with van der Waals surface area (Å²) < 4.78 is 0. The van der Waals surface area contributed by atoms with Crippen LogP contribution < -0.4 is 5.32 Å². The van der Waals surface area contributed by atoms with Crippen LogP contribution in [0.4, 0.5) is 5.69 Å². The average Bonchev–Trinajstić information content (AvgIpc) is 3.22. The van der Waals surface area contributed by atoms with Crippen LogP contribution in [0.2, 0.25) is 0 Å². The number of benzene rings is 2. The van der Waals surface area contributed by atoms with Gasteiger partial charge < -0.3 is 5.32 Å². The quantitative estimate of drug-likeness (QED) is 0.740. The minimum absolute atomic E-state index is 0.215. The largest absolute Gasteiger partial charge is 0.378 e. The molecule has 0 amide bonds. The normalized spacial score (nSPS) is 25.0. The Hall–Kier alpha value is -2.39. The number of nitrogens with one attached hydrogen (secondary N) is 1. The van der Waals surface area contributed by atoms with Gasteiger partial charge >= 0.3 is 0 Å². The third-order valence-corrected chi connectivity index (χ3v) is 6.19. The number of rotatable bonds is 4. The second-order valence-corrected chi connectivity index (χ2v) is 8.09. The van der Waals surface area contributed by atoms with E-state index in [1.165, 1.54) is 46.8 Å². The maximum atomic E-state index is 4.26. The molecule has 2 bridgehead atoms. The lowest BCUT2D eigenvalue weighted by Gasteiger charge is -2.34. The lowest BCUT2D eigenvalue weighted by molar-refractivity contribution is 0.200. The maximum Gasteiger partial charge on any atom is 0.0516 e. The van der Waals surface area contributed by atoms with Gasteiger partial charge in [0.15, 0.2) is 0 Å². The second-order valence-electron chi connectivity index (χ2n) is 8.09. The summed E-state index contributed by atoms with van der Waals surface area (Å²) in [7, 11) is 0. The SMILES string of the molecule is Cc1ccc(CN2CC3(Nc4cccc5cnccc45)CCC2C3)cc1. The summed E-state index contributed by atoms with van der Waals surface area (Å²) in [5, 5.41) is 6.43. The Kier molecular flexibility index (Phi) is 3.71. The van der Waals surface area contributed by atoms with E-state index in [-0.39, 0.29) is 5.54 Å². The van der Waals surface area contributed by atoms with Gasteiger partial charge in [-0.3, -0.25) is 9.88 Å². The van der Waals surface area contributed by atoms with Crippen molar-refractivity contribution in [2.24, 2.45) is 0 Å². The molecule has 2 unspecified atom stereocenters. The molecule has 1 saturated carbocycles. The molecule has 0 radical (unpaired) electrons. The number of pyridine rings is 1. The van der Waals surface area contributed by atoms with E-state index in [9.17, 15) is 0 Å². The maximum absolute atomic E-state index is 4.26. The van der Waals surface area contributed by atoms with Gasteiger partial charge in [-0.05, 0) is 43.9 Å². The molecule has 2 aromatic carbocycles. The van der Waals surface area contributed by atoms with Crippen molar-refractivity contribution in [3.05, 3.63) is 72.1 Å². The summed E-state index contributed by atoms with van der Waals surface area (Å²) in [5.74, 6) is 0. The van der Waals surface area contributed by atoms with Gasteiger partial charge in [0.25, 0.3) is 0 Å². The molecule has 2 heterocycles. The van der Waals surface area contributed by atoms with Crippen LogP contribution in [0.5, 0.6) is 0 Å². The van der Waals surface area contributed by atoms with Crippen molar-refractivity contribution in [1.82, 2.24) is 9.88 Å². The minimum atomic E-state index is 0.215. The standard InChI is InChI=1S/C23H25N3/c1-17-5-7-18(8-6-17)15-26-16-23(11-9-20(26)13-23)25-22-4-2-3-19-14-24-12-10-21(19)22/h2-8,10,12,14,20,25H,9,11,13,15-16H2,1H3. The molecule has 3 heteroatoms. The van der Waals surface area contributed by atoms with Crippen LogP contribution >= 0.6 is 0 Å². The number of fused-ring (bicyclic) bond motifs is 3. The predicted octanol–water partition coefficient (Wildman–Crippen LogP) is 4.76. The smallest absolute Gasteiger partial charge is 0.0516 e. The van der Waals surface area contributed by atoms with Gasteiger partial charge in [0.05, 0.1) is 5.54 Å². The van der Waals surface area contributed by atoms with Gasteiger partial charge in [-0.2, -0.15) is 0 Å². The molecular weight excluding hydrogens is 318 g/mol. The zero-order chi connectivity index (χ0) is 17.6. The summed E-state index contributed by atoms with van der Waals surface area (Å²) in [6, 6.07) is 18.3. The Morgan fingerprint density at radius 1 is 1.15 bits per heavy atom. The van der Waals surface area contributed by atoms with E-state index >= 15 is 0 Å². The highest BCUT2D eigenvalue weighted by molar-refractivity contribution is 5.93. The molecule has 1 saturated heterocycles. The number of likely N-dealkylation sites (tertiary alicyclic amines) is 1. The predicted molar refractivity (Wildman–Crippen MR) is 107 cm³/mol. The first-order valence-corrected chi connectivity index (χ1v) is 9.61. The fourth-order valence-electron chi connectivity index (χ4n) is 4.85. The number of hydrogen-bond acceptors (Lipinski definition) is 3. The Labute approximate surface area is 155 Å². The highest BCUT2D eigenvalue weighted by atomic mass is 15.3. The Balaban J connectivity index is 1.37.